The molecule has 20 heteroatoms. The molecule has 0 aromatic carbocycles. The summed E-state index contributed by atoms with van der Waals surface area (Å²) in [4.78, 5) is 51.3. The van der Waals surface area contributed by atoms with Gasteiger partial charge in [-0.15, -0.1) is 10.2 Å². The van der Waals surface area contributed by atoms with E-state index in [0.717, 1.165) is 76.5 Å². The largest absolute Gasteiger partial charge is 0.481 e. The van der Waals surface area contributed by atoms with E-state index in [4.69, 9.17) is 28.4 Å². The van der Waals surface area contributed by atoms with E-state index in [2.05, 4.69) is 64.8 Å². The number of pyridine rings is 4. The molecule has 0 aliphatic heterocycles. The van der Waals surface area contributed by atoms with Crippen LogP contribution in [0.25, 0.3) is 45.3 Å². The quantitative estimate of drug-likeness (QED) is 0.0387. The van der Waals surface area contributed by atoms with Crippen LogP contribution < -0.4 is 18.9 Å². The predicted molar refractivity (Wildman–Crippen MR) is 281 cm³/mol. The Labute approximate surface area is 434 Å². The lowest BCUT2D eigenvalue weighted by atomic mass is 9.69. The first-order valence-electron chi connectivity index (χ1n) is 25.4. The molecule has 6 heterocycles. The third-order valence-corrected chi connectivity index (χ3v) is 14.4. The van der Waals surface area contributed by atoms with Crippen LogP contribution in [0.1, 0.15) is 98.1 Å². The van der Waals surface area contributed by atoms with Crippen molar-refractivity contribution in [2.24, 2.45) is 10.8 Å². The Morgan fingerprint density at radius 2 is 1.31 bits per heavy atom. The van der Waals surface area contributed by atoms with Crippen LogP contribution in [-0.4, -0.2) is 113 Å². The number of hydrogen-bond donors (Lipinski definition) is 2. The Bertz CT molecular complexity index is 2850. The van der Waals surface area contributed by atoms with Crippen molar-refractivity contribution in [2.75, 3.05) is 19.8 Å². The minimum absolute atomic E-state index is 0.00467. The third kappa shape index (κ3) is 14.3. The molecule has 2 N–H and O–H groups in total. The molecule has 8 rings (SSSR count). The fraction of sp³-hybridized carbons (Fsp3) is 0.519. The Morgan fingerprint density at radius 1 is 0.757 bits per heavy atom. The van der Waals surface area contributed by atoms with Gasteiger partial charge < -0.3 is 33.5 Å². The van der Waals surface area contributed by atoms with Crippen LogP contribution in [0.5, 0.6) is 23.8 Å². The molecule has 2 fully saturated rings. The number of carboxylic acid groups (broad SMARTS) is 1. The van der Waals surface area contributed by atoms with Crippen LogP contribution in [0.2, 0.25) is 25.7 Å². The number of H-pyrrole nitrogens is 1. The van der Waals surface area contributed by atoms with Crippen molar-refractivity contribution in [3.05, 3.63) is 72.3 Å². The summed E-state index contributed by atoms with van der Waals surface area (Å²) in [6.07, 6.45) is 11.6. The topological polar surface area (TPSA) is 234 Å². The van der Waals surface area contributed by atoms with Gasteiger partial charge in [0, 0.05) is 73.9 Å². The van der Waals surface area contributed by atoms with E-state index < -0.39 is 30.5 Å². The van der Waals surface area contributed by atoms with Gasteiger partial charge in [-0.25, -0.2) is 9.97 Å². The molecule has 0 atom stereocenters. The van der Waals surface area contributed by atoms with Gasteiger partial charge in [0.1, 0.15) is 36.4 Å². The van der Waals surface area contributed by atoms with Crippen molar-refractivity contribution in [1.82, 2.24) is 49.9 Å². The average molecular weight is 1030 g/mol. The average Bonchev–Trinajstić information content (AvgIpc) is 3.93. The monoisotopic (exact) mass is 1030 g/mol. The smallest absolute Gasteiger partial charge is 0.336 e. The second-order valence-electron chi connectivity index (χ2n) is 22.1. The molecule has 2 saturated carbocycles. The number of carbonyl (C=O) groups is 2. The van der Waals surface area contributed by atoms with E-state index in [1.165, 1.54) is 0 Å². The van der Waals surface area contributed by atoms with Crippen molar-refractivity contribution < 1.29 is 43.1 Å². The molecule has 0 radical (unpaired) electrons. The highest BCUT2D eigenvalue weighted by Crippen LogP contribution is 2.44. The summed E-state index contributed by atoms with van der Waals surface area (Å²) in [6.45, 7) is 25.7. The summed E-state index contributed by atoms with van der Waals surface area (Å²) in [5.41, 5.74) is 4.88. The van der Waals surface area contributed by atoms with Crippen LogP contribution in [0.3, 0.4) is 0 Å². The van der Waals surface area contributed by atoms with E-state index in [9.17, 15) is 14.7 Å². The minimum atomic E-state index is -1.18. The van der Waals surface area contributed by atoms with Crippen LogP contribution in [-0.2, 0) is 25.8 Å². The van der Waals surface area contributed by atoms with Crippen molar-refractivity contribution in [1.29, 1.82) is 0 Å². The van der Waals surface area contributed by atoms with E-state index in [1.807, 2.05) is 98.7 Å². The van der Waals surface area contributed by atoms with Gasteiger partial charge in [-0.3, -0.25) is 24.7 Å². The standard InChI is InChI=1S/C32H47N5O5Si.C22H25N5O4/c1-22(2)41-30-35-28(36-37(30)21-39-15-16-43(7,8)9)24-11-12-26(33-18-24)25-19-34-27(17-23(25)3)40-20-32(13-10-14-32)29(38)42-31(4,5)6;1-13(2)31-21-25-19(26-27-21)15-5-6-17(23-10-15)16-11-24-18(9-14(16)3)30-12-22(20(28)29)7-4-8-22/h11-12,17-19,22H,10,13-16,20-21H2,1-9H3;5-6,9-11,13H,4,7-8,12H2,1-3H3,(H,28,29)(H,25,26,27). The summed E-state index contributed by atoms with van der Waals surface area (Å²) in [5, 5.41) is 21.0. The first-order chi connectivity index (χ1) is 35.0. The van der Waals surface area contributed by atoms with Gasteiger partial charge in [0.15, 0.2) is 11.6 Å². The zero-order chi connectivity index (χ0) is 53.4. The molecular weight excluding hydrogens is 961 g/mol. The zero-order valence-electron chi connectivity index (χ0n) is 44.9. The number of carboxylic acids is 1. The van der Waals surface area contributed by atoms with E-state index in [1.54, 1.807) is 29.5 Å². The van der Waals surface area contributed by atoms with Gasteiger partial charge in [0.05, 0.1) is 23.6 Å². The number of nitrogens with zero attached hydrogens (tertiary/aromatic N) is 9. The van der Waals surface area contributed by atoms with Crippen LogP contribution >= 0.6 is 0 Å². The van der Waals surface area contributed by atoms with Crippen molar-refractivity contribution in [3.8, 4) is 69.1 Å². The number of nitrogens with one attached hydrogen (secondary N) is 1. The number of aliphatic carboxylic acids is 1. The zero-order valence-corrected chi connectivity index (χ0v) is 45.9. The lowest BCUT2D eigenvalue weighted by Gasteiger charge is -2.40. The maximum Gasteiger partial charge on any atom is 0.336 e. The number of carbonyl (C=O) groups excluding carboxylic acids is 1. The SMILES string of the molecule is Cc1cc(OCC2(C(=O)O)CCC2)ncc1-c1ccc(-c2nc(OC(C)C)n[nH]2)cn1.Cc1cc(OCC2(C(=O)OC(C)(C)C)CCC2)ncc1-c1ccc(-c2nc(OC(C)C)n(COCC[Si](C)(C)C)n2)cn1. The molecule has 2 aliphatic carbocycles. The molecule has 6 aromatic heterocycles. The second kappa shape index (κ2) is 23.2. The summed E-state index contributed by atoms with van der Waals surface area (Å²) < 4.78 is 36.3. The lowest BCUT2D eigenvalue weighted by molar-refractivity contribution is -0.176. The number of esters is 1. The summed E-state index contributed by atoms with van der Waals surface area (Å²) >= 11 is 0. The molecule has 6 aromatic rings. The van der Waals surface area contributed by atoms with E-state index in [-0.39, 0.29) is 38.1 Å². The van der Waals surface area contributed by atoms with Crippen LogP contribution in [0.15, 0.2) is 61.2 Å². The number of aromatic amines is 1. The first kappa shape index (κ1) is 55.0. The number of rotatable bonds is 21. The third-order valence-electron chi connectivity index (χ3n) is 12.7. The molecule has 0 spiro atoms. The Hall–Kier alpha value is -6.80. The van der Waals surface area contributed by atoms with Gasteiger partial charge in [0.2, 0.25) is 11.8 Å². The maximum absolute atomic E-state index is 12.8. The van der Waals surface area contributed by atoms with Gasteiger partial charge in [-0.05, 0) is 129 Å². The highest BCUT2D eigenvalue weighted by molar-refractivity contribution is 6.76. The molecule has 0 saturated heterocycles. The molecule has 396 valence electrons. The van der Waals surface area contributed by atoms with Crippen LogP contribution in [0, 0.1) is 24.7 Å². The van der Waals surface area contributed by atoms with Crippen molar-refractivity contribution >= 4 is 20.0 Å². The summed E-state index contributed by atoms with van der Waals surface area (Å²) in [6, 6.07) is 13.2. The lowest BCUT2D eigenvalue weighted by Crippen LogP contribution is -2.46. The van der Waals surface area contributed by atoms with Gasteiger partial charge in [-0.2, -0.15) is 14.6 Å². The summed E-state index contributed by atoms with van der Waals surface area (Å²) in [7, 11) is -1.18. The maximum atomic E-state index is 12.8. The number of aromatic nitrogens is 10. The van der Waals surface area contributed by atoms with Gasteiger partial charge >= 0.3 is 24.0 Å². The Kier molecular flexibility index (Phi) is 17.2. The van der Waals surface area contributed by atoms with Gasteiger partial charge in [0.25, 0.3) is 0 Å². The van der Waals surface area contributed by atoms with Crippen molar-refractivity contribution in [3.63, 3.8) is 0 Å². The molecule has 0 unspecified atom stereocenters. The molecule has 74 heavy (non-hydrogen) atoms. The van der Waals surface area contributed by atoms with Crippen LogP contribution in [0.4, 0.5) is 0 Å². The van der Waals surface area contributed by atoms with E-state index >= 15 is 0 Å². The molecule has 0 amide bonds. The highest BCUT2D eigenvalue weighted by atomic mass is 28.3. The molecule has 0 bridgehead atoms. The Balaban J connectivity index is 0.000000227. The normalized spacial score (nSPS) is 14.8. The molecular formula is C54H72N10O9Si. The second-order valence-corrected chi connectivity index (χ2v) is 27.7. The number of hydrogen-bond acceptors (Lipinski definition) is 16. The minimum Gasteiger partial charge on any atom is -0.481 e. The highest BCUT2D eigenvalue weighted by Gasteiger charge is 2.48. The van der Waals surface area contributed by atoms with Gasteiger partial charge in [-0.1, -0.05) is 32.5 Å². The first-order valence-corrected chi connectivity index (χ1v) is 29.1. The number of aryl methyl sites for hydroxylation is 2. The predicted octanol–water partition coefficient (Wildman–Crippen LogP) is 10.4. The molecule has 2 aliphatic rings. The summed E-state index contributed by atoms with van der Waals surface area (Å²) in [5.74, 6) is 1.01. The fourth-order valence-electron chi connectivity index (χ4n) is 7.98. The number of ether oxygens (including phenoxy) is 6. The fourth-order valence-corrected chi connectivity index (χ4v) is 8.74. The van der Waals surface area contributed by atoms with Crippen molar-refractivity contribution in [2.45, 2.75) is 151 Å². The molecule has 19 nitrogen and oxygen atoms in total. The Morgan fingerprint density at radius 3 is 1.77 bits per heavy atom. The van der Waals surface area contributed by atoms with E-state index in [0.29, 0.717) is 54.9 Å².